The van der Waals surface area contributed by atoms with E-state index in [1.54, 1.807) is 13.2 Å². The van der Waals surface area contributed by atoms with Crippen molar-refractivity contribution < 1.29 is 85.9 Å². The number of aliphatic hydroxyl groups excluding tert-OH is 1. The van der Waals surface area contributed by atoms with Crippen molar-refractivity contribution >= 4 is 29.7 Å². The molecule has 5 fully saturated rings. The molecule has 2 aromatic rings. The first-order valence-electron chi connectivity index (χ1n) is 25.8. The van der Waals surface area contributed by atoms with Crippen LogP contribution in [-0.4, -0.2) is 146 Å². The highest BCUT2D eigenvalue weighted by molar-refractivity contribution is 5.85. The van der Waals surface area contributed by atoms with E-state index in [0.29, 0.717) is 50.7 Å². The van der Waals surface area contributed by atoms with E-state index in [1.165, 1.54) is 27.7 Å². The molecular formula is C57H76O18. The number of carbonyl (C=O) groups excluding carboxylic acids is 5. The summed E-state index contributed by atoms with van der Waals surface area (Å²) in [7, 11) is 1.59. The average Bonchev–Trinajstić information content (AvgIpc) is 3.88. The summed E-state index contributed by atoms with van der Waals surface area (Å²) in [6, 6.07) is 19.3. The Labute approximate surface area is 440 Å². The van der Waals surface area contributed by atoms with Gasteiger partial charge in [-0.25, -0.2) is 0 Å². The SMILES string of the molecule is C=CC[C@@H]1CCC(=O)[C@@H]([C@@H](OC(C)=O)[C@@H]2O[C@H](CC(=C)COC(C)=O)[C@H](OCc3ccccc3)[C@@H]2O)O1.C=CC[C@@H]1CCC2(OC)O[C@@H]3[C@@H](O[C@H](C[C@@H](C)COC(C)=O)[C@@H]3OCc3ccccc3)[C@H](OC(C)=O)[C@H]2O1. The zero-order chi connectivity index (χ0) is 54.2. The molecule has 2 aromatic carbocycles. The molecule has 75 heavy (non-hydrogen) atoms. The number of ketones is 1. The number of esters is 4. The van der Waals surface area contributed by atoms with Crippen LogP contribution in [0.4, 0.5) is 0 Å². The van der Waals surface area contributed by atoms with E-state index in [4.69, 9.17) is 56.8 Å². The third kappa shape index (κ3) is 16.2. The molecule has 18 heteroatoms. The van der Waals surface area contributed by atoms with Gasteiger partial charge in [0.1, 0.15) is 43.2 Å². The van der Waals surface area contributed by atoms with Crippen molar-refractivity contribution in [2.24, 2.45) is 5.92 Å². The van der Waals surface area contributed by atoms with Crippen molar-refractivity contribution in [2.45, 2.75) is 190 Å². The molecule has 5 aliphatic heterocycles. The number of Topliss-reactive ketones (excluding diaryl/α,β-unsaturated/α-hetero) is 1. The highest BCUT2D eigenvalue weighted by Crippen LogP contribution is 2.48. The minimum Gasteiger partial charge on any atom is -0.466 e. The number of benzene rings is 2. The smallest absolute Gasteiger partial charge is 0.303 e. The lowest BCUT2D eigenvalue weighted by molar-refractivity contribution is -0.382. The first-order valence-corrected chi connectivity index (χ1v) is 25.8. The molecule has 0 spiro atoms. The maximum absolute atomic E-state index is 12.9. The predicted octanol–water partition coefficient (Wildman–Crippen LogP) is 6.56. The summed E-state index contributed by atoms with van der Waals surface area (Å²) in [5.74, 6) is -3.18. The lowest BCUT2D eigenvalue weighted by atomic mass is 9.84. The van der Waals surface area contributed by atoms with Crippen molar-refractivity contribution in [3.8, 4) is 0 Å². The van der Waals surface area contributed by atoms with Gasteiger partial charge < -0.3 is 61.9 Å². The molecule has 0 saturated carbocycles. The summed E-state index contributed by atoms with van der Waals surface area (Å²) < 4.78 is 72.1. The van der Waals surface area contributed by atoms with Gasteiger partial charge in [-0.2, -0.15) is 0 Å². The van der Waals surface area contributed by atoms with E-state index in [2.05, 4.69) is 19.7 Å². The predicted molar refractivity (Wildman–Crippen MR) is 270 cm³/mol. The summed E-state index contributed by atoms with van der Waals surface area (Å²) in [4.78, 5) is 59.8. The molecule has 0 amide bonds. The van der Waals surface area contributed by atoms with Crippen LogP contribution < -0.4 is 0 Å². The molecule has 0 radical (unpaired) electrons. The van der Waals surface area contributed by atoms with Crippen LogP contribution in [0.25, 0.3) is 0 Å². The molecule has 5 aliphatic rings. The topological polar surface area (TPSA) is 216 Å². The molecule has 1 N–H and O–H groups in total. The van der Waals surface area contributed by atoms with Crippen LogP contribution in [0.3, 0.4) is 0 Å². The van der Waals surface area contributed by atoms with E-state index < -0.39 is 96.9 Å². The second-order valence-electron chi connectivity index (χ2n) is 19.9. The van der Waals surface area contributed by atoms with Crippen molar-refractivity contribution in [2.75, 3.05) is 20.3 Å². The number of hydrogen-bond donors (Lipinski definition) is 1. The summed E-state index contributed by atoms with van der Waals surface area (Å²) in [6.07, 6.45) is -2.44. The minimum absolute atomic E-state index is 0.00550. The monoisotopic (exact) mass is 1050 g/mol. The molecular weight excluding hydrogens is 973 g/mol. The highest BCUT2D eigenvalue weighted by atomic mass is 16.8. The van der Waals surface area contributed by atoms with Crippen LogP contribution in [0.15, 0.2) is 98.1 Å². The maximum atomic E-state index is 12.9. The van der Waals surface area contributed by atoms with Crippen molar-refractivity contribution in [3.05, 3.63) is 109 Å². The van der Waals surface area contributed by atoms with E-state index in [0.717, 1.165) is 11.1 Å². The fourth-order valence-corrected chi connectivity index (χ4v) is 10.4. The van der Waals surface area contributed by atoms with Crippen LogP contribution in [0.5, 0.6) is 0 Å². The zero-order valence-corrected chi connectivity index (χ0v) is 44.1. The Bertz CT molecular complexity index is 2220. The molecule has 18 nitrogen and oxygen atoms in total. The van der Waals surface area contributed by atoms with Gasteiger partial charge in [-0.1, -0.05) is 86.3 Å². The molecule has 0 aromatic heterocycles. The fourth-order valence-electron chi connectivity index (χ4n) is 10.4. The second-order valence-corrected chi connectivity index (χ2v) is 19.9. The van der Waals surface area contributed by atoms with Crippen molar-refractivity contribution in [1.82, 2.24) is 0 Å². The standard InChI is InChI=1S/C29H40O9.C28H36O9/c1-6-10-22-13-14-29(32-5)28(36-22)27(35-20(4)31)25-26(38-29)24(34-17-21-11-8-7-9-12-21)23(37-25)15-18(2)16-33-19(3)30;1-5-9-21-12-13-22(31)25(36-21)28(35-19(4)30)27-24(32)26(34-16-20-10-7-6-8-11-20)23(37-27)14-17(2)15-33-18(3)29/h6-9,11-12,18,22-28H,1,10,13-17H2,2-5H3;5-8,10-11,21,23-28,32H,1-2,9,12-16H2,3-4H3/t18-,22-,23-,24+,25-,26+,27+,28-,29?;21-,23-,24+,25+,26+,27-,28-/m11/s1. The number of hydrogen-bond acceptors (Lipinski definition) is 18. The number of methoxy groups -OCH3 is 1. The van der Waals surface area contributed by atoms with Crippen LogP contribution in [-0.2, 0) is 94.0 Å². The lowest BCUT2D eigenvalue weighted by Crippen LogP contribution is -2.69. The molecule has 1 unspecified atom stereocenters. The number of aliphatic hydroxyl groups is 1. The van der Waals surface area contributed by atoms with Gasteiger partial charge in [0.15, 0.2) is 36.0 Å². The van der Waals surface area contributed by atoms with Crippen LogP contribution in [0.1, 0.15) is 97.1 Å². The Kier molecular flexibility index (Phi) is 22.3. The van der Waals surface area contributed by atoms with Gasteiger partial charge in [-0.3, -0.25) is 24.0 Å². The zero-order valence-electron chi connectivity index (χ0n) is 44.1. The Balaban J connectivity index is 0.000000244. The normalized spacial score (nSPS) is 31.7. The first kappa shape index (κ1) is 59.1. The Morgan fingerprint density at radius 1 is 0.760 bits per heavy atom. The van der Waals surface area contributed by atoms with Gasteiger partial charge in [0.25, 0.3) is 0 Å². The summed E-state index contributed by atoms with van der Waals surface area (Å²) in [5.41, 5.74) is 2.47. The number of rotatable bonds is 23. The molecule has 5 heterocycles. The van der Waals surface area contributed by atoms with E-state index in [1.807, 2.05) is 73.7 Å². The summed E-state index contributed by atoms with van der Waals surface area (Å²) in [5, 5.41) is 11.4. The van der Waals surface area contributed by atoms with Crippen LogP contribution in [0, 0.1) is 5.92 Å². The molecule has 412 valence electrons. The molecule has 0 bridgehead atoms. The number of fused-ring (bicyclic) bond motifs is 2. The molecule has 5 saturated heterocycles. The van der Waals surface area contributed by atoms with E-state index in [9.17, 15) is 29.1 Å². The molecule has 7 rings (SSSR count). The van der Waals surface area contributed by atoms with Gasteiger partial charge in [0, 0.05) is 54.1 Å². The quantitative estimate of drug-likeness (QED) is 0.0708. The van der Waals surface area contributed by atoms with Crippen LogP contribution >= 0.6 is 0 Å². The average molecular weight is 1050 g/mol. The summed E-state index contributed by atoms with van der Waals surface area (Å²) in [6.45, 7) is 19.6. The largest absolute Gasteiger partial charge is 0.466 e. The molecule has 0 aliphatic carbocycles. The fraction of sp³-hybridized carbons (Fsp3) is 0.596. The van der Waals surface area contributed by atoms with Crippen molar-refractivity contribution in [3.63, 3.8) is 0 Å². The lowest BCUT2D eigenvalue weighted by Gasteiger charge is -2.53. The minimum atomic E-state index is -1.24. The van der Waals surface area contributed by atoms with Gasteiger partial charge in [-0.05, 0) is 54.7 Å². The van der Waals surface area contributed by atoms with E-state index >= 15 is 0 Å². The van der Waals surface area contributed by atoms with E-state index in [-0.39, 0.29) is 62.5 Å². The van der Waals surface area contributed by atoms with Gasteiger partial charge in [0.05, 0.1) is 44.2 Å². The second kappa shape index (κ2) is 28.3. The van der Waals surface area contributed by atoms with Gasteiger partial charge in [0.2, 0.25) is 0 Å². The Hall–Kier alpha value is -5.15. The Morgan fingerprint density at radius 3 is 1.95 bits per heavy atom. The third-order valence-corrected chi connectivity index (χ3v) is 13.8. The highest BCUT2D eigenvalue weighted by Gasteiger charge is 2.65. The summed E-state index contributed by atoms with van der Waals surface area (Å²) >= 11 is 0. The molecule has 16 atom stereocenters. The number of ether oxygens (including phenoxy) is 12. The third-order valence-electron chi connectivity index (χ3n) is 13.8. The Morgan fingerprint density at radius 2 is 1.37 bits per heavy atom. The van der Waals surface area contributed by atoms with Gasteiger partial charge >= 0.3 is 23.9 Å². The first-order chi connectivity index (χ1) is 35.9. The van der Waals surface area contributed by atoms with Gasteiger partial charge in [-0.15, -0.1) is 13.2 Å². The van der Waals surface area contributed by atoms with Crippen molar-refractivity contribution in [1.29, 1.82) is 0 Å². The number of carbonyl (C=O) groups is 5. The van der Waals surface area contributed by atoms with Crippen LogP contribution in [0.2, 0.25) is 0 Å². The maximum Gasteiger partial charge on any atom is 0.303 e.